The largest absolute Gasteiger partial charge is 0.493 e. The van der Waals surface area contributed by atoms with E-state index in [-0.39, 0.29) is 35.8 Å². The van der Waals surface area contributed by atoms with Crippen molar-refractivity contribution in [2.24, 2.45) is 0 Å². The zero-order valence-electron chi connectivity index (χ0n) is 18.0. The molecule has 2 aliphatic heterocycles. The van der Waals surface area contributed by atoms with Gasteiger partial charge in [-0.2, -0.15) is 18.4 Å². The number of carbonyl (C=O) groups excluding carboxylic acids is 1. The number of rotatable bonds is 3. The van der Waals surface area contributed by atoms with Gasteiger partial charge in [0.15, 0.2) is 0 Å². The van der Waals surface area contributed by atoms with Crippen LogP contribution in [0.4, 0.5) is 23.7 Å². The lowest BCUT2D eigenvalue weighted by atomic mass is 10.1. The summed E-state index contributed by atoms with van der Waals surface area (Å²) in [6.07, 6.45) is -5.39. The van der Waals surface area contributed by atoms with Crippen molar-refractivity contribution in [1.82, 2.24) is 14.0 Å². The zero-order chi connectivity index (χ0) is 25.9. The molecule has 14 heteroatoms. The lowest BCUT2D eigenvalue weighted by Gasteiger charge is -2.26. The Labute approximate surface area is 198 Å². The van der Waals surface area contributed by atoms with Crippen LogP contribution in [0.15, 0.2) is 47.3 Å². The van der Waals surface area contributed by atoms with Crippen molar-refractivity contribution in [3.8, 4) is 23.4 Å². The molecule has 5 rings (SSSR count). The molecule has 0 saturated carbocycles. The first-order valence-electron chi connectivity index (χ1n) is 10.4. The molecule has 11 nitrogen and oxygen atoms in total. The summed E-state index contributed by atoms with van der Waals surface area (Å²) < 4.78 is 47.4. The fourth-order valence-corrected chi connectivity index (χ4v) is 4.68. The normalized spacial score (nSPS) is 18.1. The third-order valence-electron chi connectivity index (χ3n) is 6.23. The fourth-order valence-electron chi connectivity index (χ4n) is 4.68. The molecule has 184 valence electrons. The molecule has 0 aliphatic carbocycles. The molecule has 1 amide bonds. The minimum atomic E-state index is -4.86. The van der Waals surface area contributed by atoms with Gasteiger partial charge in [-0.25, -0.2) is 14.2 Å². The number of ether oxygens (including phenoxy) is 1. The predicted octanol–water partition coefficient (Wildman–Crippen LogP) is 3.64. The number of aromatic hydroxyl groups is 1. The zero-order valence-corrected chi connectivity index (χ0v) is 18.0. The van der Waals surface area contributed by atoms with Crippen LogP contribution < -0.4 is 10.4 Å². The van der Waals surface area contributed by atoms with E-state index in [1.54, 1.807) is 0 Å². The molecule has 1 fully saturated rings. The molecule has 1 aromatic heterocycles. The summed E-state index contributed by atoms with van der Waals surface area (Å²) in [4.78, 5) is 37.3. The van der Waals surface area contributed by atoms with E-state index in [2.05, 4.69) is 0 Å². The van der Waals surface area contributed by atoms with Crippen molar-refractivity contribution in [2.75, 3.05) is 6.54 Å². The number of benzene rings is 2. The number of fused-ring (bicyclic) bond motifs is 5. The van der Waals surface area contributed by atoms with Gasteiger partial charge in [0.05, 0.1) is 39.9 Å². The summed E-state index contributed by atoms with van der Waals surface area (Å²) in [7, 11) is 0. The van der Waals surface area contributed by atoms with Crippen molar-refractivity contribution in [1.29, 1.82) is 5.26 Å². The Bertz CT molecular complexity index is 1520. The molecule has 0 unspecified atom stereocenters. The number of imidazole rings is 1. The van der Waals surface area contributed by atoms with E-state index in [9.17, 15) is 38.0 Å². The first-order valence-corrected chi connectivity index (χ1v) is 10.4. The van der Waals surface area contributed by atoms with Crippen LogP contribution >= 0.6 is 0 Å². The van der Waals surface area contributed by atoms with Gasteiger partial charge in [-0.1, -0.05) is 0 Å². The highest BCUT2D eigenvalue weighted by Crippen LogP contribution is 2.49. The van der Waals surface area contributed by atoms with Gasteiger partial charge < -0.3 is 9.84 Å². The maximum Gasteiger partial charge on any atom is 0.417 e. The first kappa shape index (κ1) is 23.0. The van der Waals surface area contributed by atoms with Crippen LogP contribution in [-0.4, -0.2) is 36.7 Å². The molecule has 3 heterocycles. The molecular weight excluding hydrogens is 487 g/mol. The van der Waals surface area contributed by atoms with Gasteiger partial charge in [-0.15, -0.1) is 0 Å². The topological polar surface area (TPSA) is 144 Å². The van der Waals surface area contributed by atoms with Crippen LogP contribution in [0.25, 0.3) is 5.69 Å². The smallest absolute Gasteiger partial charge is 0.417 e. The van der Waals surface area contributed by atoms with Gasteiger partial charge in [-0.05, 0) is 36.8 Å². The second-order valence-corrected chi connectivity index (χ2v) is 8.21. The molecule has 2 bridgehead atoms. The average molecular weight is 501 g/mol. The number of nitro benzene ring substituents is 1. The van der Waals surface area contributed by atoms with E-state index < -0.39 is 52.0 Å². The molecule has 0 radical (unpaired) electrons. The summed E-state index contributed by atoms with van der Waals surface area (Å²) >= 11 is 0. The highest BCUT2D eigenvalue weighted by atomic mass is 19.4. The summed E-state index contributed by atoms with van der Waals surface area (Å²) in [6.45, 7) is 0.0496. The SMILES string of the molecule is N#Cc1ccc(-n2c(O)c3n(c2=O)[C@H]2C[C@@H]3N(C(=O)Oc3ccc([N+](=O)[O-])cc3)C2)cc1C(F)(F)F. The highest BCUT2D eigenvalue weighted by molar-refractivity contribution is 5.72. The monoisotopic (exact) mass is 501 g/mol. The maximum atomic E-state index is 13.4. The summed E-state index contributed by atoms with van der Waals surface area (Å²) in [5, 5.41) is 30.6. The molecular formula is C22H14F3N5O6. The number of hydrogen-bond donors (Lipinski definition) is 1. The number of carbonyl (C=O) groups is 1. The second kappa shape index (κ2) is 7.87. The maximum absolute atomic E-state index is 13.4. The van der Waals surface area contributed by atoms with Crippen LogP contribution in [0.5, 0.6) is 11.6 Å². The number of nitrogens with zero attached hydrogens (tertiary/aromatic N) is 5. The van der Waals surface area contributed by atoms with E-state index in [4.69, 9.17) is 10.00 Å². The van der Waals surface area contributed by atoms with E-state index in [0.717, 1.165) is 24.3 Å². The van der Waals surface area contributed by atoms with Crippen molar-refractivity contribution in [2.45, 2.75) is 24.7 Å². The number of aromatic nitrogens is 2. The molecule has 2 atom stereocenters. The van der Waals surface area contributed by atoms with Crippen LogP contribution in [-0.2, 0) is 6.18 Å². The molecule has 0 spiro atoms. The van der Waals surface area contributed by atoms with E-state index >= 15 is 0 Å². The quantitative estimate of drug-likeness (QED) is 0.426. The van der Waals surface area contributed by atoms with Gasteiger partial charge in [0.1, 0.15) is 11.4 Å². The molecule has 2 aromatic carbocycles. The minimum Gasteiger partial charge on any atom is -0.493 e. The van der Waals surface area contributed by atoms with Crippen LogP contribution in [0.2, 0.25) is 0 Å². The lowest BCUT2D eigenvalue weighted by Crippen LogP contribution is -2.39. The third kappa shape index (κ3) is 3.44. The van der Waals surface area contributed by atoms with Crippen LogP contribution in [0.3, 0.4) is 0 Å². The van der Waals surface area contributed by atoms with Gasteiger partial charge in [0.25, 0.3) is 5.69 Å². The minimum absolute atomic E-state index is 0.0461. The molecule has 1 N–H and O–H groups in total. The Morgan fingerprint density at radius 2 is 1.92 bits per heavy atom. The summed E-state index contributed by atoms with van der Waals surface area (Å²) in [5.41, 5.74) is -3.10. The number of nitriles is 1. The Morgan fingerprint density at radius 3 is 2.53 bits per heavy atom. The lowest BCUT2D eigenvalue weighted by molar-refractivity contribution is -0.384. The Balaban J connectivity index is 1.47. The molecule has 1 saturated heterocycles. The number of halogens is 3. The van der Waals surface area contributed by atoms with E-state index in [0.29, 0.717) is 10.6 Å². The third-order valence-corrected chi connectivity index (χ3v) is 6.23. The van der Waals surface area contributed by atoms with Gasteiger partial charge >= 0.3 is 18.0 Å². The first-order chi connectivity index (χ1) is 17.0. The van der Waals surface area contributed by atoms with Gasteiger partial charge in [0, 0.05) is 18.7 Å². The summed E-state index contributed by atoms with van der Waals surface area (Å²) in [6, 6.07) is 7.58. The van der Waals surface area contributed by atoms with Crippen molar-refractivity contribution in [3.05, 3.63) is 79.9 Å². The van der Waals surface area contributed by atoms with Crippen LogP contribution in [0.1, 0.15) is 35.3 Å². The Hall–Kier alpha value is -4.80. The number of alkyl halides is 3. The van der Waals surface area contributed by atoms with E-state index in [1.165, 1.54) is 27.7 Å². The predicted molar refractivity (Wildman–Crippen MR) is 114 cm³/mol. The Kier molecular flexibility index (Phi) is 5.02. The van der Waals surface area contributed by atoms with Crippen molar-refractivity contribution in [3.63, 3.8) is 0 Å². The molecule has 36 heavy (non-hydrogen) atoms. The van der Waals surface area contributed by atoms with Crippen molar-refractivity contribution >= 4 is 11.8 Å². The van der Waals surface area contributed by atoms with Gasteiger partial charge in [-0.3, -0.25) is 19.6 Å². The van der Waals surface area contributed by atoms with Gasteiger partial charge in [0.2, 0.25) is 5.88 Å². The Morgan fingerprint density at radius 1 is 1.22 bits per heavy atom. The average Bonchev–Trinajstić information content (AvgIpc) is 3.50. The molecule has 3 aromatic rings. The number of nitro groups is 1. The number of likely N-dealkylation sites (tertiary alicyclic amines) is 1. The number of hydrogen-bond acceptors (Lipinski definition) is 7. The van der Waals surface area contributed by atoms with Crippen molar-refractivity contribution < 1.29 is 32.7 Å². The highest BCUT2D eigenvalue weighted by Gasteiger charge is 2.50. The standard InChI is InChI=1S/C22H14F3N5O6/c23-22(24,25)16-7-13(2-1-11(16)9-26)29-19(31)18-17-8-14(28(18)20(29)32)10-27(17)21(33)36-15-5-3-12(4-6-15)30(34)35/h1-7,14,17,31H,8,10H2/t14-,17-/m0/s1. The second-order valence-electron chi connectivity index (χ2n) is 8.21. The fraction of sp³-hybridized carbons (Fsp3) is 0.227. The summed E-state index contributed by atoms with van der Waals surface area (Å²) in [5.74, 6) is -0.581. The number of non-ortho nitro benzene ring substituents is 1. The number of amides is 1. The van der Waals surface area contributed by atoms with E-state index in [1.807, 2.05) is 0 Å². The molecule has 2 aliphatic rings. The van der Waals surface area contributed by atoms with Crippen LogP contribution in [0, 0.1) is 21.4 Å².